The van der Waals surface area contributed by atoms with Gasteiger partial charge < -0.3 is 0 Å². The quantitative estimate of drug-likeness (QED) is 0.535. The molecule has 0 aliphatic heterocycles. The van der Waals surface area contributed by atoms with E-state index in [0.717, 1.165) is 12.8 Å². The van der Waals surface area contributed by atoms with Crippen LogP contribution in [0.4, 0.5) is 0 Å². The van der Waals surface area contributed by atoms with Crippen LogP contribution in [0.3, 0.4) is 0 Å². The van der Waals surface area contributed by atoms with Crippen molar-refractivity contribution in [2.24, 2.45) is 0 Å². The van der Waals surface area contributed by atoms with E-state index in [1.165, 1.54) is 17.6 Å². The number of hydrogen-bond donors (Lipinski definition) is 0. The molecule has 0 radical (unpaired) electrons. The largest absolute Gasteiger partial charge is 0.0999 e. The Labute approximate surface area is 78.4 Å². The van der Waals surface area contributed by atoms with Crippen LogP contribution in [-0.2, 0) is 0 Å². The van der Waals surface area contributed by atoms with Crippen LogP contribution in [0.15, 0.2) is 23.8 Å². The predicted octanol–water partition coefficient (Wildman–Crippen LogP) is 4.73. The maximum atomic E-state index is 3.79. The van der Waals surface area contributed by atoms with Gasteiger partial charge in [-0.15, -0.1) is 0 Å². The first kappa shape index (κ1) is 14.0. The summed E-state index contributed by atoms with van der Waals surface area (Å²) in [5.74, 6) is 0. The van der Waals surface area contributed by atoms with Crippen LogP contribution < -0.4 is 0 Å². The van der Waals surface area contributed by atoms with Gasteiger partial charge in [0.15, 0.2) is 0 Å². The standard InChI is InChI=1S/2C6H12/c2*1-4-6(3)5-2/h4H,5H2,1-3H3;3-5H2,1-2H3. The normalized spacial score (nSPS) is 10.2. The number of rotatable bonds is 3. The fraction of sp³-hybridized carbons (Fsp3) is 0.667. The summed E-state index contributed by atoms with van der Waals surface area (Å²) in [5.41, 5.74) is 2.81. The Kier molecular flexibility index (Phi) is 12.3. The molecule has 0 saturated heterocycles. The zero-order valence-corrected chi connectivity index (χ0v) is 9.41. The van der Waals surface area contributed by atoms with Crippen LogP contribution in [0.5, 0.6) is 0 Å². The van der Waals surface area contributed by atoms with Crippen LogP contribution in [-0.4, -0.2) is 0 Å². The Morgan fingerprint density at radius 2 is 1.50 bits per heavy atom. The average molecular weight is 168 g/mol. The summed E-state index contributed by atoms with van der Waals surface area (Å²) in [6, 6.07) is 0. The molecule has 0 fully saturated rings. The van der Waals surface area contributed by atoms with Gasteiger partial charge in [0, 0.05) is 0 Å². The highest BCUT2D eigenvalue weighted by Gasteiger charge is 1.78. The van der Waals surface area contributed by atoms with E-state index in [2.05, 4.69) is 47.3 Å². The smallest absolute Gasteiger partial charge is 0.0352 e. The Hall–Kier alpha value is -0.520. The lowest BCUT2D eigenvalue weighted by atomic mass is 10.2. The predicted molar refractivity (Wildman–Crippen MR) is 59.4 cm³/mol. The molecule has 12 heavy (non-hydrogen) atoms. The molecule has 0 bridgehead atoms. The fourth-order valence-corrected chi connectivity index (χ4v) is 0.454. The summed E-state index contributed by atoms with van der Waals surface area (Å²) in [5, 5.41) is 0. The molecular weight excluding hydrogens is 144 g/mol. The second-order valence-electron chi connectivity index (χ2n) is 2.95. The Morgan fingerprint density at radius 3 is 1.50 bits per heavy atom. The number of allylic oxidation sites excluding steroid dienone is 3. The zero-order chi connectivity index (χ0) is 9.98. The van der Waals surface area contributed by atoms with Crippen molar-refractivity contribution in [1.29, 1.82) is 0 Å². The van der Waals surface area contributed by atoms with Gasteiger partial charge in [-0.25, -0.2) is 0 Å². The van der Waals surface area contributed by atoms with E-state index in [0.29, 0.717) is 0 Å². The van der Waals surface area contributed by atoms with E-state index in [9.17, 15) is 0 Å². The van der Waals surface area contributed by atoms with Crippen molar-refractivity contribution < 1.29 is 0 Å². The maximum absolute atomic E-state index is 3.79. The van der Waals surface area contributed by atoms with E-state index in [1.807, 2.05) is 0 Å². The Balaban J connectivity index is 0. The first-order valence-electron chi connectivity index (χ1n) is 4.90. The molecule has 0 aromatic heterocycles. The van der Waals surface area contributed by atoms with Crippen LogP contribution in [0.2, 0.25) is 0 Å². The van der Waals surface area contributed by atoms with E-state index in [-0.39, 0.29) is 0 Å². The Bertz CT molecular complexity index is 123. The summed E-state index contributed by atoms with van der Waals surface area (Å²) >= 11 is 0. The fourth-order valence-electron chi connectivity index (χ4n) is 0.454. The highest BCUT2D eigenvalue weighted by Crippen LogP contribution is 1.98. The molecule has 0 N–H and O–H groups in total. The van der Waals surface area contributed by atoms with Crippen LogP contribution in [0.1, 0.15) is 53.9 Å². The van der Waals surface area contributed by atoms with Crippen molar-refractivity contribution >= 4 is 0 Å². The van der Waals surface area contributed by atoms with E-state index in [1.54, 1.807) is 0 Å². The molecule has 0 heterocycles. The summed E-state index contributed by atoms with van der Waals surface area (Å²) in [7, 11) is 0. The van der Waals surface area contributed by atoms with E-state index >= 15 is 0 Å². The van der Waals surface area contributed by atoms with Gasteiger partial charge >= 0.3 is 0 Å². The minimum Gasteiger partial charge on any atom is -0.0999 e. The van der Waals surface area contributed by atoms with Crippen LogP contribution >= 0.6 is 0 Å². The zero-order valence-electron chi connectivity index (χ0n) is 9.41. The molecule has 0 nitrogen and oxygen atoms in total. The monoisotopic (exact) mass is 168 g/mol. The van der Waals surface area contributed by atoms with Crippen LogP contribution in [0.25, 0.3) is 0 Å². The third kappa shape index (κ3) is 12.2. The molecular formula is C12H24. The van der Waals surface area contributed by atoms with Gasteiger partial charge in [0.05, 0.1) is 0 Å². The summed E-state index contributed by atoms with van der Waals surface area (Å²) < 4.78 is 0. The molecule has 0 atom stereocenters. The SMILES string of the molecule is C=C(CC)CC.CC=C(C)CC. The lowest BCUT2D eigenvalue weighted by Gasteiger charge is -1.89. The molecule has 0 rings (SSSR count). The molecule has 0 aliphatic carbocycles. The van der Waals surface area contributed by atoms with Crippen molar-refractivity contribution in [3.05, 3.63) is 23.8 Å². The minimum atomic E-state index is 1.14. The van der Waals surface area contributed by atoms with Crippen molar-refractivity contribution in [1.82, 2.24) is 0 Å². The van der Waals surface area contributed by atoms with Crippen molar-refractivity contribution in [3.8, 4) is 0 Å². The summed E-state index contributed by atoms with van der Waals surface area (Å²) in [6.45, 7) is 14.4. The van der Waals surface area contributed by atoms with E-state index < -0.39 is 0 Å². The highest BCUT2D eigenvalue weighted by molar-refractivity contribution is 4.93. The molecule has 0 heteroatoms. The lowest BCUT2D eigenvalue weighted by Crippen LogP contribution is -1.68. The van der Waals surface area contributed by atoms with Gasteiger partial charge in [-0.05, 0) is 33.1 Å². The molecule has 0 aromatic carbocycles. The Morgan fingerprint density at radius 1 is 1.08 bits per heavy atom. The highest BCUT2D eigenvalue weighted by atomic mass is 13.8. The summed E-state index contributed by atoms with van der Waals surface area (Å²) in [4.78, 5) is 0. The summed E-state index contributed by atoms with van der Waals surface area (Å²) in [6.07, 6.45) is 5.60. The first-order valence-corrected chi connectivity index (χ1v) is 4.90. The number of hydrogen-bond acceptors (Lipinski definition) is 0. The topological polar surface area (TPSA) is 0 Å². The molecule has 0 saturated carbocycles. The van der Waals surface area contributed by atoms with Gasteiger partial charge in [0.25, 0.3) is 0 Å². The molecule has 72 valence electrons. The van der Waals surface area contributed by atoms with Gasteiger partial charge in [-0.3, -0.25) is 0 Å². The second-order valence-corrected chi connectivity index (χ2v) is 2.95. The first-order chi connectivity index (χ1) is 5.62. The molecule has 0 aromatic rings. The molecule has 0 spiro atoms. The van der Waals surface area contributed by atoms with Crippen LogP contribution in [0, 0.1) is 0 Å². The van der Waals surface area contributed by atoms with E-state index in [4.69, 9.17) is 0 Å². The third-order valence-corrected chi connectivity index (χ3v) is 2.05. The molecule has 0 amide bonds. The second kappa shape index (κ2) is 10.5. The molecule has 0 aliphatic rings. The van der Waals surface area contributed by atoms with Gasteiger partial charge in [-0.2, -0.15) is 0 Å². The van der Waals surface area contributed by atoms with Crippen molar-refractivity contribution in [2.75, 3.05) is 0 Å². The third-order valence-electron chi connectivity index (χ3n) is 2.05. The maximum Gasteiger partial charge on any atom is -0.0352 e. The van der Waals surface area contributed by atoms with Crippen molar-refractivity contribution in [2.45, 2.75) is 53.9 Å². The van der Waals surface area contributed by atoms with Crippen molar-refractivity contribution in [3.63, 3.8) is 0 Å². The average Bonchev–Trinajstić information content (AvgIpc) is 2.16. The van der Waals surface area contributed by atoms with Gasteiger partial charge in [0.2, 0.25) is 0 Å². The molecule has 0 unspecified atom stereocenters. The van der Waals surface area contributed by atoms with Gasteiger partial charge in [-0.1, -0.05) is 44.6 Å². The lowest BCUT2D eigenvalue weighted by molar-refractivity contribution is 0.986. The van der Waals surface area contributed by atoms with Gasteiger partial charge in [0.1, 0.15) is 0 Å². The minimum absolute atomic E-state index is 1.14.